The first-order chi connectivity index (χ1) is 11.5. The lowest BCUT2D eigenvalue weighted by atomic mass is 9.90. The van der Waals surface area contributed by atoms with Gasteiger partial charge in [0.1, 0.15) is 11.3 Å². The second kappa shape index (κ2) is 6.82. The normalized spacial score (nSPS) is 22.0. The van der Waals surface area contributed by atoms with Gasteiger partial charge in [-0.3, -0.25) is 4.90 Å². The summed E-state index contributed by atoms with van der Waals surface area (Å²) < 4.78 is 6.81. The van der Waals surface area contributed by atoms with Crippen molar-refractivity contribution < 1.29 is 9.84 Å². The molecule has 0 saturated carbocycles. The Kier molecular flexibility index (Phi) is 4.77. The van der Waals surface area contributed by atoms with E-state index in [1.54, 1.807) is 17.9 Å². The number of methoxy groups -OCH3 is 1. The molecule has 2 aromatic rings. The molecule has 0 aromatic carbocycles. The molecule has 130 valence electrons. The summed E-state index contributed by atoms with van der Waals surface area (Å²) in [6.45, 7) is 6.14. The van der Waals surface area contributed by atoms with Crippen LogP contribution in [-0.2, 0) is 12.1 Å². The molecule has 1 unspecified atom stereocenters. The summed E-state index contributed by atoms with van der Waals surface area (Å²) in [6.07, 6.45) is 3.44. The molecule has 1 fully saturated rings. The summed E-state index contributed by atoms with van der Waals surface area (Å²) in [5.74, 6) is 0.499. The van der Waals surface area contributed by atoms with Crippen LogP contribution in [0.3, 0.4) is 0 Å². The summed E-state index contributed by atoms with van der Waals surface area (Å²) in [7, 11) is 1.57. The molecule has 8 heteroatoms. The van der Waals surface area contributed by atoms with Crippen molar-refractivity contribution in [1.29, 1.82) is 0 Å². The van der Waals surface area contributed by atoms with Crippen molar-refractivity contribution in [2.24, 2.45) is 0 Å². The maximum absolute atomic E-state index is 11.1. The largest absolute Gasteiger partial charge is 0.480 e. The maximum atomic E-state index is 11.1. The van der Waals surface area contributed by atoms with Gasteiger partial charge in [0.25, 0.3) is 0 Å². The van der Waals surface area contributed by atoms with E-state index in [2.05, 4.69) is 25.4 Å². The molecule has 2 aromatic heterocycles. The predicted molar refractivity (Wildman–Crippen MR) is 87.4 cm³/mol. The van der Waals surface area contributed by atoms with Gasteiger partial charge < -0.3 is 9.84 Å². The molecular weight excluding hydrogens is 308 g/mol. The number of aliphatic hydroxyl groups is 1. The zero-order chi connectivity index (χ0) is 17.2. The van der Waals surface area contributed by atoms with E-state index >= 15 is 0 Å². The predicted octanol–water partition coefficient (Wildman–Crippen LogP) is 1.14. The molecule has 3 rings (SSSR count). The number of hydrogen-bond donors (Lipinski definition) is 1. The third kappa shape index (κ3) is 3.54. The summed E-state index contributed by atoms with van der Waals surface area (Å²) in [5, 5.41) is 27.5. The second-order valence-corrected chi connectivity index (χ2v) is 6.59. The lowest BCUT2D eigenvalue weighted by Crippen LogP contribution is -2.46. The number of aromatic nitrogens is 5. The lowest BCUT2D eigenvalue weighted by molar-refractivity contribution is -0.0418. The Balaban J connectivity index is 1.70. The topological polar surface area (TPSA) is 89.2 Å². The molecule has 3 heterocycles. The van der Waals surface area contributed by atoms with E-state index in [0.29, 0.717) is 31.1 Å². The Hall–Kier alpha value is -2.06. The Bertz CT molecular complexity index is 671. The van der Waals surface area contributed by atoms with Gasteiger partial charge in [0.15, 0.2) is 0 Å². The van der Waals surface area contributed by atoms with E-state index in [4.69, 9.17) is 4.74 Å². The summed E-state index contributed by atoms with van der Waals surface area (Å²) in [4.78, 5) is 2.17. The van der Waals surface area contributed by atoms with Gasteiger partial charge in [-0.15, -0.1) is 10.2 Å². The van der Waals surface area contributed by atoms with Crippen LogP contribution in [0.2, 0.25) is 0 Å². The SMILES string of the molecule is COc1ccc(CN2CCCC(O)(c3cn(C(C)C)nn3)C2)nn1. The maximum Gasteiger partial charge on any atom is 0.233 e. The number of rotatable bonds is 5. The van der Waals surface area contributed by atoms with E-state index in [1.165, 1.54) is 0 Å². The van der Waals surface area contributed by atoms with E-state index in [-0.39, 0.29) is 6.04 Å². The highest BCUT2D eigenvalue weighted by atomic mass is 16.5. The molecule has 0 radical (unpaired) electrons. The molecule has 1 N–H and O–H groups in total. The molecule has 1 saturated heterocycles. The minimum atomic E-state index is -0.967. The average Bonchev–Trinajstić information content (AvgIpc) is 3.07. The molecule has 0 amide bonds. The van der Waals surface area contributed by atoms with Crippen LogP contribution in [0.1, 0.15) is 44.1 Å². The third-order valence-electron chi connectivity index (χ3n) is 4.36. The van der Waals surface area contributed by atoms with Crippen molar-refractivity contribution in [3.8, 4) is 5.88 Å². The van der Waals surface area contributed by atoms with Crippen molar-refractivity contribution in [1.82, 2.24) is 30.1 Å². The number of piperidine rings is 1. The van der Waals surface area contributed by atoms with E-state index in [9.17, 15) is 5.11 Å². The van der Waals surface area contributed by atoms with Gasteiger partial charge in [0.2, 0.25) is 5.88 Å². The number of nitrogens with zero attached hydrogens (tertiary/aromatic N) is 6. The number of ether oxygens (including phenoxy) is 1. The fourth-order valence-corrected chi connectivity index (χ4v) is 2.98. The van der Waals surface area contributed by atoms with Crippen LogP contribution in [-0.4, -0.2) is 55.4 Å². The molecule has 1 aliphatic heterocycles. The first kappa shape index (κ1) is 16.8. The zero-order valence-corrected chi connectivity index (χ0v) is 14.4. The number of β-amino-alcohol motifs (C(OH)–C–C–N with tert-alkyl or cyclic N) is 1. The van der Waals surface area contributed by atoms with Gasteiger partial charge in [-0.05, 0) is 39.3 Å². The standard InChI is InChI=1S/C16H24N6O2/c1-12(2)22-10-14(18-20-22)16(23)7-4-8-21(11-16)9-13-5-6-15(24-3)19-17-13/h5-6,10,12,23H,4,7-9,11H2,1-3H3. The van der Waals surface area contributed by atoms with Gasteiger partial charge in [0, 0.05) is 25.2 Å². The van der Waals surface area contributed by atoms with Crippen LogP contribution in [0, 0.1) is 0 Å². The summed E-state index contributed by atoms with van der Waals surface area (Å²) in [5.41, 5.74) is 0.526. The lowest BCUT2D eigenvalue weighted by Gasteiger charge is -2.37. The number of likely N-dealkylation sites (tertiary alicyclic amines) is 1. The van der Waals surface area contributed by atoms with Crippen LogP contribution in [0.15, 0.2) is 18.3 Å². The van der Waals surface area contributed by atoms with Crippen molar-refractivity contribution in [3.63, 3.8) is 0 Å². The highest BCUT2D eigenvalue weighted by Gasteiger charge is 2.37. The van der Waals surface area contributed by atoms with Crippen LogP contribution in [0.4, 0.5) is 0 Å². The molecular formula is C16H24N6O2. The van der Waals surface area contributed by atoms with E-state index in [1.807, 2.05) is 26.1 Å². The first-order valence-electron chi connectivity index (χ1n) is 8.24. The summed E-state index contributed by atoms with van der Waals surface area (Å²) >= 11 is 0. The minimum Gasteiger partial charge on any atom is -0.480 e. The minimum absolute atomic E-state index is 0.226. The van der Waals surface area contributed by atoms with Crippen molar-refractivity contribution >= 4 is 0 Å². The van der Waals surface area contributed by atoms with E-state index < -0.39 is 5.60 Å². The van der Waals surface area contributed by atoms with Gasteiger partial charge in [0.05, 0.1) is 19.0 Å². The van der Waals surface area contributed by atoms with Gasteiger partial charge in [-0.25, -0.2) is 4.68 Å². The molecule has 1 aliphatic rings. The Morgan fingerprint density at radius 1 is 1.29 bits per heavy atom. The summed E-state index contributed by atoms with van der Waals surface area (Å²) in [6, 6.07) is 3.92. The average molecular weight is 332 g/mol. The molecule has 0 bridgehead atoms. The van der Waals surface area contributed by atoms with Gasteiger partial charge >= 0.3 is 0 Å². The van der Waals surface area contributed by atoms with Crippen LogP contribution in [0.5, 0.6) is 5.88 Å². The number of hydrogen-bond acceptors (Lipinski definition) is 7. The monoisotopic (exact) mass is 332 g/mol. The van der Waals surface area contributed by atoms with Crippen molar-refractivity contribution in [2.45, 2.75) is 44.9 Å². The molecule has 0 spiro atoms. The smallest absolute Gasteiger partial charge is 0.233 e. The van der Waals surface area contributed by atoms with Crippen LogP contribution >= 0.6 is 0 Å². The fourth-order valence-electron chi connectivity index (χ4n) is 2.98. The molecule has 1 atom stereocenters. The fraction of sp³-hybridized carbons (Fsp3) is 0.625. The highest BCUT2D eigenvalue weighted by molar-refractivity contribution is 5.13. The molecule has 8 nitrogen and oxygen atoms in total. The van der Waals surface area contributed by atoms with Crippen LogP contribution < -0.4 is 4.74 Å². The molecule has 0 aliphatic carbocycles. The Morgan fingerprint density at radius 3 is 2.75 bits per heavy atom. The van der Waals surface area contributed by atoms with Crippen molar-refractivity contribution in [2.75, 3.05) is 20.2 Å². The third-order valence-corrected chi connectivity index (χ3v) is 4.36. The first-order valence-corrected chi connectivity index (χ1v) is 8.24. The Labute approximate surface area is 141 Å². The zero-order valence-electron chi connectivity index (χ0n) is 14.4. The van der Waals surface area contributed by atoms with Crippen LogP contribution in [0.25, 0.3) is 0 Å². The Morgan fingerprint density at radius 2 is 2.12 bits per heavy atom. The quantitative estimate of drug-likeness (QED) is 0.878. The van der Waals surface area contributed by atoms with Gasteiger partial charge in [-0.2, -0.15) is 5.10 Å². The second-order valence-electron chi connectivity index (χ2n) is 6.59. The van der Waals surface area contributed by atoms with Crippen molar-refractivity contribution in [3.05, 3.63) is 29.7 Å². The molecule has 24 heavy (non-hydrogen) atoms. The highest BCUT2D eigenvalue weighted by Crippen LogP contribution is 2.31. The van der Waals surface area contributed by atoms with Gasteiger partial charge in [-0.1, -0.05) is 5.21 Å². The van der Waals surface area contributed by atoms with E-state index in [0.717, 1.165) is 18.7 Å².